The first-order chi connectivity index (χ1) is 13.5. The summed E-state index contributed by atoms with van der Waals surface area (Å²) in [6, 6.07) is 14.7. The number of para-hydroxylation sites is 1. The van der Waals surface area contributed by atoms with Crippen molar-refractivity contribution < 1.29 is 19.1 Å². The maximum absolute atomic E-state index is 13.1. The number of rotatable bonds is 7. The standard InChI is InChI=1S/C21H23N3O4/c1-3-22-19(25)13-18-20(26)24(16-7-5-4-6-8-16)21(27)23(18)14-15-9-11-17(28-2)12-10-15/h4-12,18H,3,13-14H2,1-2H3,(H,22,25)/t18-/m0/s1. The van der Waals surface area contributed by atoms with E-state index in [1.54, 1.807) is 43.5 Å². The molecule has 7 heteroatoms. The molecule has 0 spiro atoms. The molecule has 0 bridgehead atoms. The second kappa shape index (κ2) is 8.56. The fourth-order valence-electron chi connectivity index (χ4n) is 3.20. The molecule has 1 saturated heterocycles. The predicted octanol–water partition coefficient (Wildman–Crippen LogP) is 2.56. The Balaban J connectivity index is 1.89. The van der Waals surface area contributed by atoms with Gasteiger partial charge in [-0.05, 0) is 36.8 Å². The number of hydrogen-bond acceptors (Lipinski definition) is 4. The maximum atomic E-state index is 13.1. The fraction of sp³-hybridized carbons (Fsp3) is 0.286. The number of hydrogen-bond donors (Lipinski definition) is 1. The quantitative estimate of drug-likeness (QED) is 0.748. The van der Waals surface area contributed by atoms with Gasteiger partial charge in [0, 0.05) is 13.1 Å². The molecular weight excluding hydrogens is 358 g/mol. The van der Waals surface area contributed by atoms with Gasteiger partial charge in [0.25, 0.3) is 5.91 Å². The summed E-state index contributed by atoms with van der Waals surface area (Å²) in [6.45, 7) is 2.50. The smallest absolute Gasteiger partial charge is 0.332 e. The molecule has 28 heavy (non-hydrogen) atoms. The van der Waals surface area contributed by atoms with Crippen LogP contribution in [0.5, 0.6) is 5.75 Å². The number of ether oxygens (including phenoxy) is 1. The van der Waals surface area contributed by atoms with E-state index in [9.17, 15) is 14.4 Å². The average molecular weight is 381 g/mol. The van der Waals surface area contributed by atoms with Crippen LogP contribution in [0.4, 0.5) is 10.5 Å². The summed E-state index contributed by atoms with van der Waals surface area (Å²) in [5.74, 6) is 0.0524. The number of benzene rings is 2. The Labute approximate surface area is 163 Å². The molecule has 1 aliphatic heterocycles. The van der Waals surface area contributed by atoms with Crippen LogP contribution in [-0.2, 0) is 16.1 Å². The third kappa shape index (κ3) is 3.98. The Morgan fingerprint density at radius 1 is 1.07 bits per heavy atom. The summed E-state index contributed by atoms with van der Waals surface area (Å²) in [6.07, 6.45) is -0.0715. The zero-order valence-electron chi connectivity index (χ0n) is 15.9. The summed E-state index contributed by atoms with van der Waals surface area (Å²) in [7, 11) is 1.58. The van der Waals surface area contributed by atoms with Crippen molar-refractivity contribution in [1.29, 1.82) is 0 Å². The maximum Gasteiger partial charge on any atom is 0.332 e. The molecule has 1 N–H and O–H groups in total. The highest BCUT2D eigenvalue weighted by molar-refractivity contribution is 6.22. The lowest BCUT2D eigenvalue weighted by atomic mass is 10.1. The zero-order valence-corrected chi connectivity index (χ0v) is 15.9. The van der Waals surface area contributed by atoms with Crippen LogP contribution < -0.4 is 15.0 Å². The minimum absolute atomic E-state index is 0.0715. The molecule has 2 aromatic carbocycles. The van der Waals surface area contributed by atoms with E-state index in [2.05, 4.69) is 5.32 Å². The van der Waals surface area contributed by atoms with Crippen LogP contribution in [0.15, 0.2) is 54.6 Å². The number of methoxy groups -OCH3 is 1. The van der Waals surface area contributed by atoms with Crippen LogP contribution in [0.3, 0.4) is 0 Å². The number of carbonyl (C=O) groups is 3. The van der Waals surface area contributed by atoms with Crippen molar-refractivity contribution in [3.05, 3.63) is 60.2 Å². The molecule has 1 aliphatic rings. The number of nitrogens with zero attached hydrogens (tertiary/aromatic N) is 2. The third-order valence-corrected chi connectivity index (χ3v) is 4.60. The summed E-state index contributed by atoms with van der Waals surface area (Å²) in [5, 5.41) is 2.70. The second-order valence-electron chi connectivity index (χ2n) is 6.44. The normalized spacial score (nSPS) is 16.4. The highest BCUT2D eigenvalue weighted by Gasteiger charge is 2.46. The van der Waals surface area contributed by atoms with Crippen molar-refractivity contribution in [3.8, 4) is 5.75 Å². The van der Waals surface area contributed by atoms with Gasteiger partial charge in [0.15, 0.2) is 0 Å². The zero-order chi connectivity index (χ0) is 20.1. The summed E-state index contributed by atoms with van der Waals surface area (Å²) in [5.41, 5.74) is 1.34. The van der Waals surface area contributed by atoms with Crippen LogP contribution in [0.25, 0.3) is 0 Å². The van der Waals surface area contributed by atoms with E-state index in [4.69, 9.17) is 4.74 Å². The number of nitrogens with one attached hydrogen (secondary N) is 1. The fourth-order valence-corrected chi connectivity index (χ4v) is 3.20. The number of amides is 4. The number of anilines is 1. The minimum Gasteiger partial charge on any atom is -0.497 e. The molecule has 146 valence electrons. The van der Waals surface area contributed by atoms with Crippen molar-refractivity contribution >= 4 is 23.5 Å². The van der Waals surface area contributed by atoms with Gasteiger partial charge in [-0.15, -0.1) is 0 Å². The first kappa shape index (κ1) is 19.4. The summed E-state index contributed by atoms with van der Waals surface area (Å²) < 4.78 is 5.16. The van der Waals surface area contributed by atoms with E-state index in [1.807, 2.05) is 25.1 Å². The van der Waals surface area contributed by atoms with E-state index in [0.717, 1.165) is 10.5 Å². The van der Waals surface area contributed by atoms with Crippen LogP contribution in [0.2, 0.25) is 0 Å². The monoisotopic (exact) mass is 381 g/mol. The molecule has 1 fully saturated rings. The van der Waals surface area contributed by atoms with Crippen molar-refractivity contribution in [2.24, 2.45) is 0 Å². The van der Waals surface area contributed by atoms with Crippen molar-refractivity contribution in [2.75, 3.05) is 18.6 Å². The van der Waals surface area contributed by atoms with Gasteiger partial charge >= 0.3 is 6.03 Å². The molecule has 0 saturated carbocycles. The van der Waals surface area contributed by atoms with Gasteiger partial charge in [-0.25, -0.2) is 9.69 Å². The largest absolute Gasteiger partial charge is 0.497 e. The number of carbonyl (C=O) groups excluding carboxylic acids is 3. The first-order valence-electron chi connectivity index (χ1n) is 9.14. The van der Waals surface area contributed by atoms with Crippen LogP contribution >= 0.6 is 0 Å². The highest BCUT2D eigenvalue weighted by atomic mass is 16.5. The Morgan fingerprint density at radius 2 is 1.75 bits per heavy atom. The second-order valence-corrected chi connectivity index (χ2v) is 6.44. The van der Waals surface area contributed by atoms with E-state index >= 15 is 0 Å². The van der Waals surface area contributed by atoms with Crippen molar-refractivity contribution in [2.45, 2.75) is 25.9 Å². The molecule has 3 rings (SSSR count). The van der Waals surface area contributed by atoms with Gasteiger partial charge in [-0.1, -0.05) is 30.3 Å². The topological polar surface area (TPSA) is 79.0 Å². The Bertz CT molecular complexity index is 852. The molecule has 0 unspecified atom stereocenters. The molecule has 0 aliphatic carbocycles. The molecule has 0 radical (unpaired) electrons. The highest BCUT2D eigenvalue weighted by Crippen LogP contribution is 2.28. The third-order valence-electron chi connectivity index (χ3n) is 4.60. The van der Waals surface area contributed by atoms with Crippen LogP contribution in [0, 0.1) is 0 Å². The SMILES string of the molecule is CCNC(=O)C[C@H]1C(=O)N(c2ccccc2)C(=O)N1Cc1ccc(OC)cc1. The van der Waals surface area contributed by atoms with Gasteiger partial charge in [-0.2, -0.15) is 0 Å². The number of imide groups is 1. The minimum atomic E-state index is -0.846. The summed E-state index contributed by atoms with van der Waals surface area (Å²) >= 11 is 0. The first-order valence-corrected chi connectivity index (χ1v) is 9.14. The average Bonchev–Trinajstić information content (AvgIpc) is 2.93. The van der Waals surface area contributed by atoms with Gasteiger partial charge in [0.1, 0.15) is 11.8 Å². The predicted molar refractivity (Wildman–Crippen MR) is 105 cm³/mol. The summed E-state index contributed by atoms with van der Waals surface area (Å²) in [4.78, 5) is 40.8. The molecule has 7 nitrogen and oxygen atoms in total. The molecule has 4 amide bonds. The van der Waals surface area contributed by atoms with Gasteiger partial charge in [0.05, 0.1) is 19.2 Å². The van der Waals surface area contributed by atoms with E-state index in [0.29, 0.717) is 18.0 Å². The van der Waals surface area contributed by atoms with Gasteiger partial charge < -0.3 is 15.0 Å². The lowest BCUT2D eigenvalue weighted by Crippen LogP contribution is -2.39. The van der Waals surface area contributed by atoms with Crippen LogP contribution in [0.1, 0.15) is 18.9 Å². The van der Waals surface area contributed by atoms with E-state index < -0.39 is 18.0 Å². The molecule has 2 aromatic rings. The molecule has 0 aromatic heterocycles. The van der Waals surface area contributed by atoms with Gasteiger partial charge in [-0.3, -0.25) is 9.59 Å². The Hall–Kier alpha value is -3.35. The molecule has 1 heterocycles. The van der Waals surface area contributed by atoms with Crippen LogP contribution in [-0.4, -0.2) is 42.4 Å². The lowest BCUT2D eigenvalue weighted by Gasteiger charge is -2.21. The van der Waals surface area contributed by atoms with E-state index in [-0.39, 0.29) is 18.9 Å². The van der Waals surface area contributed by atoms with Gasteiger partial charge in [0.2, 0.25) is 5.91 Å². The number of urea groups is 1. The Morgan fingerprint density at radius 3 is 2.36 bits per heavy atom. The van der Waals surface area contributed by atoms with Crippen molar-refractivity contribution in [3.63, 3.8) is 0 Å². The van der Waals surface area contributed by atoms with E-state index in [1.165, 1.54) is 4.90 Å². The Kier molecular flexibility index (Phi) is 5.93. The van der Waals surface area contributed by atoms with Crippen molar-refractivity contribution in [1.82, 2.24) is 10.2 Å². The lowest BCUT2D eigenvalue weighted by molar-refractivity contribution is -0.127. The molecular formula is C21H23N3O4. The molecule has 1 atom stereocenters.